The molecule has 0 spiro atoms. The molecular formula is C13H20Cl2N2O. The zero-order chi connectivity index (χ0) is 12.7. The van der Waals surface area contributed by atoms with Gasteiger partial charge in [0.2, 0.25) is 5.91 Å². The van der Waals surface area contributed by atoms with Crippen molar-refractivity contribution >= 4 is 35.6 Å². The molecule has 0 fully saturated rings. The third-order valence-electron chi connectivity index (χ3n) is 2.57. The fraction of sp³-hybridized carbons (Fsp3) is 0.462. The van der Waals surface area contributed by atoms with E-state index < -0.39 is 0 Å². The molecule has 0 saturated heterocycles. The fourth-order valence-corrected chi connectivity index (χ4v) is 1.77. The summed E-state index contributed by atoms with van der Waals surface area (Å²) >= 11 is 5.41. The number of nitrogens with one attached hydrogen (secondary N) is 1. The minimum atomic E-state index is -0.119. The van der Waals surface area contributed by atoms with Crippen LogP contribution in [-0.4, -0.2) is 31.4 Å². The van der Waals surface area contributed by atoms with Crippen LogP contribution in [0.4, 0.5) is 5.69 Å². The van der Waals surface area contributed by atoms with Crippen molar-refractivity contribution in [2.75, 3.05) is 30.4 Å². The number of hydrogen-bond donors (Lipinski definition) is 1. The Kier molecular flexibility index (Phi) is 8.59. The van der Waals surface area contributed by atoms with Crippen LogP contribution >= 0.6 is 24.0 Å². The Balaban J connectivity index is 0.00000289. The average Bonchev–Trinajstić information content (AvgIpc) is 2.34. The van der Waals surface area contributed by atoms with Crippen LogP contribution in [0.15, 0.2) is 24.3 Å². The molecule has 0 unspecified atom stereocenters. The van der Waals surface area contributed by atoms with Gasteiger partial charge in [-0.2, -0.15) is 0 Å². The van der Waals surface area contributed by atoms with Crippen LogP contribution in [0.1, 0.15) is 12.5 Å². The summed E-state index contributed by atoms with van der Waals surface area (Å²) < 4.78 is 0. The van der Waals surface area contributed by atoms with Gasteiger partial charge in [-0.15, -0.1) is 24.0 Å². The van der Waals surface area contributed by atoms with Crippen molar-refractivity contribution in [3.05, 3.63) is 29.8 Å². The summed E-state index contributed by atoms with van der Waals surface area (Å²) in [6.07, 6.45) is 0. The lowest BCUT2D eigenvalue weighted by Crippen LogP contribution is -2.35. The number of likely N-dealkylation sites (N-methyl/N-ethyl adjacent to an activating group) is 1. The van der Waals surface area contributed by atoms with E-state index in [1.165, 1.54) is 11.3 Å². The summed E-state index contributed by atoms with van der Waals surface area (Å²) in [7, 11) is 0. The highest BCUT2D eigenvalue weighted by Gasteiger charge is 2.04. The van der Waals surface area contributed by atoms with Crippen LogP contribution in [-0.2, 0) is 4.79 Å². The first-order chi connectivity index (χ1) is 8.17. The number of amides is 1. The Hall–Kier alpha value is -0.930. The highest BCUT2D eigenvalue weighted by molar-refractivity contribution is 6.27. The maximum atomic E-state index is 11.0. The van der Waals surface area contributed by atoms with Crippen LogP contribution in [0.25, 0.3) is 0 Å². The van der Waals surface area contributed by atoms with Crippen molar-refractivity contribution in [1.29, 1.82) is 0 Å². The smallest absolute Gasteiger partial charge is 0.234 e. The monoisotopic (exact) mass is 290 g/mol. The van der Waals surface area contributed by atoms with E-state index in [-0.39, 0.29) is 24.2 Å². The molecule has 1 N–H and O–H groups in total. The normalized spacial score (nSPS) is 9.50. The third kappa shape index (κ3) is 5.61. The molecule has 5 heteroatoms. The highest BCUT2D eigenvalue weighted by Crippen LogP contribution is 2.14. The molecule has 0 atom stereocenters. The summed E-state index contributed by atoms with van der Waals surface area (Å²) in [5.74, 6) is -0.0942. The second-order valence-electron chi connectivity index (χ2n) is 3.90. The average molecular weight is 291 g/mol. The molecule has 0 saturated carbocycles. The first-order valence-corrected chi connectivity index (χ1v) is 6.35. The van der Waals surface area contributed by atoms with E-state index in [9.17, 15) is 4.79 Å². The lowest BCUT2D eigenvalue weighted by molar-refractivity contribution is -0.118. The number of hydrogen-bond acceptors (Lipinski definition) is 2. The molecule has 3 nitrogen and oxygen atoms in total. The summed E-state index contributed by atoms with van der Waals surface area (Å²) in [5.41, 5.74) is 2.43. The number of alkyl halides is 1. The molecule has 0 radical (unpaired) electrons. The Labute approximate surface area is 120 Å². The third-order valence-corrected chi connectivity index (χ3v) is 2.82. The Morgan fingerprint density at radius 3 is 2.72 bits per heavy atom. The summed E-state index contributed by atoms with van der Waals surface area (Å²) in [6, 6.07) is 8.35. The number of halogens is 2. The number of benzene rings is 1. The van der Waals surface area contributed by atoms with Gasteiger partial charge in [-0.1, -0.05) is 12.1 Å². The van der Waals surface area contributed by atoms with E-state index in [1.807, 2.05) is 6.07 Å². The Bertz CT molecular complexity index is 372. The predicted molar refractivity (Wildman–Crippen MR) is 80.0 cm³/mol. The van der Waals surface area contributed by atoms with Crippen molar-refractivity contribution in [2.45, 2.75) is 13.8 Å². The van der Waals surface area contributed by atoms with Crippen LogP contribution in [0.2, 0.25) is 0 Å². The van der Waals surface area contributed by atoms with Gasteiger partial charge in [0.05, 0.1) is 0 Å². The zero-order valence-electron chi connectivity index (χ0n) is 10.8. The van der Waals surface area contributed by atoms with Gasteiger partial charge in [0.15, 0.2) is 0 Å². The zero-order valence-corrected chi connectivity index (χ0v) is 12.4. The van der Waals surface area contributed by atoms with Crippen molar-refractivity contribution in [1.82, 2.24) is 5.32 Å². The highest BCUT2D eigenvalue weighted by atomic mass is 35.5. The number of carbonyl (C=O) groups excluding carboxylic acids is 1. The van der Waals surface area contributed by atoms with Gasteiger partial charge >= 0.3 is 0 Å². The molecule has 102 valence electrons. The second-order valence-corrected chi connectivity index (χ2v) is 4.17. The maximum absolute atomic E-state index is 11.0. The molecule has 1 aromatic rings. The quantitative estimate of drug-likeness (QED) is 0.817. The molecule has 1 aromatic carbocycles. The molecule has 18 heavy (non-hydrogen) atoms. The van der Waals surface area contributed by atoms with Crippen LogP contribution in [0.3, 0.4) is 0 Å². The van der Waals surface area contributed by atoms with E-state index >= 15 is 0 Å². The van der Waals surface area contributed by atoms with Crippen molar-refractivity contribution in [3.63, 3.8) is 0 Å². The number of carbonyl (C=O) groups is 1. The van der Waals surface area contributed by atoms with Gasteiger partial charge in [0, 0.05) is 25.3 Å². The van der Waals surface area contributed by atoms with E-state index in [1.54, 1.807) is 0 Å². The van der Waals surface area contributed by atoms with Crippen molar-refractivity contribution < 1.29 is 4.79 Å². The summed E-state index contributed by atoms with van der Waals surface area (Å²) in [6.45, 7) is 6.51. The number of nitrogens with zero attached hydrogens (tertiary/aromatic N) is 1. The molecule has 0 heterocycles. The summed E-state index contributed by atoms with van der Waals surface area (Å²) in [4.78, 5) is 13.2. The topological polar surface area (TPSA) is 32.3 Å². The standard InChI is InChI=1S/C13H19ClN2O.ClH/c1-3-16(8-7-15-13(17)10-14)12-6-4-5-11(2)9-12;/h4-6,9H,3,7-8,10H2,1-2H3,(H,15,17);1H. The van der Waals surface area contributed by atoms with Crippen LogP contribution in [0.5, 0.6) is 0 Å². The maximum Gasteiger partial charge on any atom is 0.234 e. The number of anilines is 1. The minimum absolute atomic E-state index is 0. The molecule has 0 aliphatic carbocycles. The molecule has 0 bridgehead atoms. The number of rotatable bonds is 6. The molecule has 1 rings (SSSR count). The SMILES string of the molecule is CCN(CCNC(=O)CCl)c1cccc(C)c1.Cl. The molecule has 0 aliphatic rings. The second kappa shape index (κ2) is 9.06. The molecule has 0 aromatic heterocycles. The lowest BCUT2D eigenvalue weighted by atomic mass is 10.2. The Morgan fingerprint density at radius 1 is 1.44 bits per heavy atom. The van der Waals surface area contributed by atoms with Gasteiger partial charge in [-0.25, -0.2) is 0 Å². The van der Waals surface area contributed by atoms with E-state index in [4.69, 9.17) is 11.6 Å². The van der Waals surface area contributed by atoms with Crippen LogP contribution < -0.4 is 10.2 Å². The predicted octanol–water partition coefficient (Wildman–Crippen LogP) is 2.60. The molecule has 0 aliphatic heterocycles. The van der Waals surface area contributed by atoms with Gasteiger partial charge < -0.3 is 10.2 Å². The lowest BCUT2D eigenvalue weighted by Gasteiger charge is -2.23. The van der Waals surface area contributed by atoms with Gasteiger partial charge in [0.25, 0.3) is 0 Å². The van der Waals surface area contributed by atoms with Crippen LogP contribution in [0, 0.1) is 6.92 Å². The van der Waals surface area contributed by atoms with Gasteiger partial charge in [-0.3, -0.25) is 4.79 Å². The number of aryl methyl sites for hydroxylation is 1. The summed E-state index contributed by atoms with van der Waals surface area (Å²) in [5, 5.41) is 2.77. The largest absolute Gasteiger partial charge is 0.370 e. The van der Waals surface area contributed by atoms with Crippen molar-refractivity contribution in [2.24, 2.45) is 0 Å². The van der Waals surface area contributed by atoms with E-state index in [0.717, 1.165) is 13.1 Å². The van der Waals surface area contributed by atoms with E-state index in [0.29, 0.717) is 6.54 Å². The first-order valence-electron chi connectivity index (χ1n) is 5.81. The van der Waals surface area contributed by atoms with E-state index in [2.05, 4.69) is 42.3 Å². The first kappa shape index (κ1) is 17.1. The molecular weight excluding hydrogens is 271 g/mol. The molecule has 1 amide bonds. The van der Waals surface area contributed by atoms with Crippen molar-refractivity contribution in [3.8, 4) is 0 Å². The fourth-order valence-electron chi connectivity index (χ4n) is 1.67. The van der Waals surface area contributed by atoms with Gasteiger partial charge in [-0.05, 0) is 31.5 Å². The minimum Gasteiger partial charge on any atom is -0.370 e. The van der Waals surface area contributed by atoms with Gasteiger partial charge in [0.1, 0.15) is 5.88 Å². The Morgan fingerprint density at radius 2 is 2.17 bits per heavy atom.